The van der Waals surface area contributed by atoms with E-state index in [1.54, 1.807) is 31.3 Å². The Labute approximate surface area is 146 Å². The predicted octanol–water partition coefficient (Wildman–Crippen LogP) is 3.16. The lowest BCUT2D eigenvalue weighted by Gasteiger charge is -2.18. The molecule has 0 aliphatic rings. The van der Waals surface area contributed by atoms with Crippen LogP contribution in [0.1, 0.15) is 5.56 Å². The lowest BCUT2D eigenvalue weighted by molar-refractivity contribution is -0.131. The summed E-state index contributed by atoms with van der Waals surface area (Å²) in [6, 6.07) is 14.7. The van der Waals surface area contributed by atoms with E-state index >= 15 is 0 Å². The monoisotopic (exact) mass is 345 g/mol. The van der Waals surface area contributed by atoms with Gasteiger partial charge in [-0.1, -0.05) is 41.9 Å². The molecule has 2 N–H and O–H groups in total. The van der Waals surface area contributed by atoms with Crippen LogP contribution in [-0.4, -0.2) is 36.9 Å². The van der Waals surface area contributed by atoms with Crippen molar-refractivity contribution in [1.29, 1.82) is 0 Å². The van der Waals surface area contributed by atoms with E-state index in [0.29, 0.717) is 10.7 Å². The number of likely N-dealkylation sites (N-methyl/N-ethyl adjacent to an activating group) is 1. The van der Waals surface area contributed by atoms with Crippen LogP contribution in [0.5, 0.6) is 0 Å². The number of aryl methyl sites for hydroxylation is 1. The van der Waals surface area contributed by atoms with Gasteiger partial charge >= 0.3 is 0 Å². The molecule has 2 rings (SSSR count). The lowest BCUT2D eigenvalue weighted by Crippen LogP contribution is -2.38. The molecule has 5 nitrogen and oxygen atoms in total. The minimum Gasteiger partial charge on any atom is -0.376 e. The largest absolute Gasteiger partial charge is 0.376 e. The first-order chi connectivity index (χ1) is 11.5. The maximum Gasteiger partial charge on any atom is 0.244 e. The molecule has 2 amide bonds. The molecule has 0 fully saturated rings. The summed E-state index contributed by atoms with van der Waals surface area (Å²) in [5.74, 6) is -0.470. The van der Waals surface area contributed by atoms with E-state index < -0.39 is 0 Å². The van der Waals surface area contributed by atoms with Gasteiger partial charge in [0.2, 0.25) is 11.8 Å². The molecule has 0 aliphatic heterocycles. The molecule has 0 atom stereocenters. The number of benzene rings is 2. The SMILES string of the molecule is Cc1ccccc1NCC(=O)N(C)CC(=O)Nc1ccccc1Cl. The van der Waals surface area contributed by atoms with Crippen molar-refractivity contribution in [2.75, 3.05) is 30.8 Å². The summed E-state index contributed by atoms with van der Waals surface area (Å²) in [7, 11) is 1.59. The number of amides is 2. The van der Waals surface area contributed by atoms with E-state index in [-0.39, 0.29) is 24.9 Å². The number of halogens is 1. The molecule has 0 radical (unpaired) electrons. The maximum absolute atomic E-state index is 12.1. The molecule has 0 saturated heterocycles. The minimum atomic E-state index is -0.296. The Morgan fingerprint density at radius 1 is 1.04 bits per heavy atom. The summed E-state index contributed by atoms with van der Waals surface area (Å²) >= 11 is 5.99. The van der Waals surface area contributed by atoms with Gasteiger partial charge in [-0.15, -0.1) is 0 Å². The highest BCUT2D eigenvalue weighted by Gasteiger charge is 2.14. The molecule has 0 saturated carbocycles. The fourth-order valence-electron chi connectivity index (χ4n) is 2.13. The van der Waals surface area contributed by atoms with Crippen LogP contribution in [0.4, 0.5) is 11.4 Å². The topological polar surface area (TPSA) is 61.4 Å². The van der Waals surface area contributed by atoms with Crippen molar-refractivity contribution in [3.05, 3.63) is 59.1 Å². The van der Waals surface area contributed by atoms with E-state index in [4.69, 9.17) is 11.6 Å². The first-order valence-electron chi connectivity index (χ1n) is 7.55. The molecule has 0 bridgehead atoms. The molecule has 0 heterocycles. The van der Waals surface area contributed by atoms with Crippen LogP contribution < -0.4 is 10.6 Å². The van der Waals surface area contributed by atoms with E-state index in [1.807, 2.05) is 31.2 Å². The fourth-order valence-corrected chi connectivity index (χ4v) is 2.32. The zero-order valence-electron chi connectivity index (χ0n) is 13.7. The highest BCUT2D eigenvalue weighted by atomic mass is 35.5. The van der Waals surface area contributed by atoms with E-state index in [1.165, 1.54) is 4.90 Å². The fraction of sp³-hybridized carbons (Fsp3) is 0.222. The summed E-state index contributed by atoms with van der Waals surface area (Å²) in [4.78, 5) is 25.5. The highest BCUT2D eigenvalue weighted by Crippen LogP contribution is 2.20. The van der Waals surface area contributed by atoms with Gasteiger partial charge in [-0.3, -0.25) is 9.59 Å². The van der Waals surface area contributed by atoms with Crippen molar-refractivity contribution in [2.24, 2.45) is 0 Å². The van der Waals surface area contributed by atoms with Gasteiger partial charge in [0.25, 0.3) is 0 Å². The number of nitrogens with zero attached hydrogens (tertiary/aromatic N) is 1. The summed E-state index contributed by atoms with van der Waals surface area (Å²) in [5, 5.41) is 6.23. The maximum atomic E-state index is 12.1. The zero-order valence-corrected chi connectivity index (χ0v) is 14.4. The van der Waals surface area contributed by atoms with Gasteiger partial charge in [0.15, 0.2) is 0 Å². The van der Waals surface area contributed by atoms with Crippen molar-refractivity contribution in [2.45, 2.75) is 6.92 Å². The van der Waals surface area contributed by atoms with Gasteiger partial charge in [-0.05, 0) is 30.7 Å². The van der Waals surface area contributed by atoms with Crippen LogP contribution in [0.25, 0.3) is 0 Å². The number of anilines is 2. The smallest absolute Gasteiger partial charge is 0.244 e. The molecule has 126 valence electrons. The molecule has 24 heavy (non-hydrogen) atoms. The number of para-hydroxylation sites is 2. The van der Waals surface area contributed by atoms with E-state index in [2.05, 4.69) is 10.6 Å². The lowest BCUT2D eigenvalue weighted by atomic mass is 10.2. The van der Waals surface area contributed by atoms with Gasteiger partial charge in [0, 0.05) is 12.7 Å². The zero-order chi connectivity index (χ0) is 17.5. The van der Waals surface area contributed by atoms with E-state index in [0.717, 1.165) is 11.3 Å². The molecule has 2 aromatic rings. The molecule has 0 aliphatic carbocycles. The Morgan fingerprint density at radius 3 is 2.33 bits per heavy atom. The number of hydrogen-bond acceptors (Lipinski definition) is 3. The number of hydrogen-bond donors (Lipinski definition) is 2. The Hall–Kier alpha value is -2.53. The first-order valence-corrected chi connectivity index (χ1v) is 7.93. The van der Waals surface area contributed by atoms with Crippen molar-refractivity contribution in [3.8, 4) is 0 Å². The molecule has 0 spiro atoms. The van der Waals surface area contributed by atoms with Gasteiger partial charge in [0.05, 0.1) is 23.8 Å². The normalized spacial score (nSPS) is 10.1. The standard InChI is InChI=1S/C18H20ClN3O2/c1-13-7-3-5-9-15(13)20-11-18(24)22(2)12-17(23)21-16-10-6-4-8-14(16)19/h3-10,20H,11-12H2,1-2H3,(H,21,23). The summed E-state index contributed by atoms with van der Waals surface area (Å²) in [5.41, 5.74) is 2.49. The minimum absolute atomic E-state index is 0.0422. The quantitative estimate of drug-likeness (QED) is 0.845. The van der Waals surface area contributed by atoms with Crippen molar-refractivity contribution >= 4 is 34.8 Å². The molecule has 0 unspecified atom stereocenters. The summed E-state index contributed by atoms with van der Waals surface area (Å²) < 4.78 is 0. The van der Waals surface area contributed by atoms with Crippen LogP contribution in [0, 0.1) is 6.92 Å². The molecular weight excluding hydrogens is 326 g/mol. The Balaban J connectivity index is 1.84. The average molecular weight is 346 g/mol. The Kier molecular flexibility index (Phi) is 6.21. The summed E-state index contributed by atoms with van der Waals surface area (Å²) in [6.45, 7) is 2.05. The van der Waals surface area contributed by atoms with Crippen LogP contribution >= 0.6 is 11.6 Å². The second-order valence-electron chi connectivity index (χ2n) is 5.45. The number of rotatable bonds is 6. The summed E-state index contributed by atoms with van der Waals surface area (Å²) in [6.07, 6.45) is 0. The molecule has 2 aromatic carbocycles. The molecule has 0 aromatic heterocycles. The van der Waals surface area contributed by atoms with E-state index in [9.17, 15) is 9.59 Å². The van der Waals surface area contributed by atoms with Crippen molar-refractivity contribution in [3.63, 3.8) is 0 Å². The highest BCUT2D eigenvalue weighted by molar-refractivity contribution is 6.33. The van der Waals surface area contributed by atoms with Gasteiger partial charge < -0.3 is 15.5 Å². The van der Waals surface area contributed by atoms with Crippen LogP contribution in [0.15, 0.2) is 48.5 Å². The predicted molar refractivity (Wildman–Crippen MR) is 97.4 cm³/mol. The third kappa shape index (κ3) is 4.99. The Morgan fingerprint density at radius 2 is 1.67 bits per heavy atom. The number of carbonyl (C=O) groups excluding carboxylic acids is 2. The van der Waals surface area contributed by atoms with Crippen LogP contribution in [-0.2, 0) is 9.59 Å². The Bertz CT molecular complexity index is 734. The van der Waals surface area contributed by atoms with Gasteiger partial charge in [-0.25, -0.2) is 0 Å². The second-order valence-corrected chi connectivity index (χ2v) is 5.85. The van der Waals surface area contributed by atoms with Gasteiger partial charge in [0.1, 0.15) is 0 Å². The van der Waals surface area contributed by atoms with Crippen LogP contribution in [0.3, 0.4) is 0 Å². The second kappa shape index (κ2) is 8.36. The first kappa shape index (κ1) is 17.8. The van der Waals surface area contributed by atoms with Gasteiger partial charge in [-0.2, -0.15) is 0 Å². The number of carbonyl (C=O) groups is 2. The molecule has 6 heteroatoms. The average Bonchev–Trinajstić information content (AvgIpc) is 2.56. The molecular formula is C18H20ClN3O2. The third-order valence-corrected chi connectivity index (χ3v) is 3.86. The number of nitrogens with one attached hydrogen (secondary N) is 2. The van der Waals surface area contributed by atoms with Crippen molar-refractivity contribution < 1.29 is 9.59 Å². The third-order valence-electron chi connectivity index (χ3n) is 3.53. The van der Waals surface area contributed by atoms with Crippen LogP contribution in [0.2, 0.25) is 5.02 Å². The van der Waals surface area contributed by atoms with Crippen molar-refractivity contribution in [1.82, 2.24) is 4.90 Å².